The molecular formula is C17H20NS+. The molecule has 0 saturated carbocycles. The molecule has 0 bridgehead atoms. The smallest absolute Gasteiger partial charge is 0.104 e. The maximum absolute atomic E-state index is 2.29. The second-order valence-electron chi connectivity index (χ2n) is 5.16. The van der Waals surface area contributed by atoms with Crippen LogP contribution in [0.5, 0.6) is 0 Å². The third kappa shape index (κ3) is 3.40. The van der Waals surface area contributed by atoms with E-state index in [1.54, 1.807) is 4.90 Å². The average Bonchev–Trinajstić information content (AvgIpc) is 2.95. The molecule has 1 aliphatic heterocycles. The zero-order valence-electron chi connectivity index (χ0n) is 11.1. The molecule has 0 radical (unpaired) electrons. The largest absolute Gasteiger partial charge is 0.331 e. The molecule has 1 nitrogen and oxygen atoms in total. The van der Waals surface area contributed by atoms with Gasteiger partial charge in [0.1, 0.15) is 6.54 Å². The highest BCUT2D eigenvalue weighted by Crippen LogP contribution is 2.29. The van der Waals surface area contributed by atoms with Gasteiger partial charge in [-0.2, -0.15) is 0 Å². The van der Waals surface area contributed by atoms with E-state index in [0.29, 0.717) is 0 Å². The molecule has 2 aromatic carbocycles. The Balaban J connectivity index is 1.77. The van der Waals surface area contributed by atoms with Crippen LogP contribution in [0.2, 0.25) is 0 Å². The summed E-state index contributed by atoms with van der Waals surface area (Å²) in [5.74, 6) is 0. The van der Waals surface area contributed by atoms with Crippen molar-refractivity contribution < 1.29 is 4.90 Å². The molecule has 98 valence electrons. The van der Waals surface area contributed by atoms with Gasteiger partial charge in [-0.25, -0.2) is 0 Å². The molecule has 0 atom stereocenters. The second-order valence-corrected chi connectivity index (χ2v) is 6.27. The van der Waals surface area contributed by atoms with Crippen molar-refractivity contribution in [1.29, 1.82) is 0 Å². The number of rotatable bonds is 4. The van der Waals surface area contributed by atoms with Gasteiger partial charge in [0.25, 0.3) is 0 Å². The minimum atomic E-state index is 1.18. The Morgan fingerprint density at radius 2 is 1.53 bits per heavy atom. The quantitative estimate of drug-likeness (QED) is 0.895. The van der Waals surface area contributed by atoms with E-state index in [2.05, 4.69) is 54.6 Å². The van der Waals surface area contributed by atoms with Gasteiger partial charge in [-0.15, -0.1) is 0 Å². The second kappa shape index (κ2) is 6.27. The summed E-state index contributed by atoms with van der Waals surface area (Å²) in [6.07, 6.45) is 2.78. The Morgan fingerprint density at radius 3 is 2.32 bits per heavy atom. The minimum Gasteiger partial charge on any atom is -0.331 e. The van der Waals surface area contributed by atoms with E-state index in [1.807, 2.05) is 11.8 Å². The van der Waals surface area contributed by atoms with E-state index in [-0.39, 0.29) is 0 Å². The van der Waals surface area contributed by atoms with Gasteiger partial charge < -0.3 is 4.90 Å². The van der Waals surface area contributed by atoms with Crippen LogP contribution in [-0.2, 0) is 6.54 Å². The molecule has 3 rings (SSSR count). The third-order valence-electron chi connectivity index (χ3n) is 3.69. The monoisotopic (exact) mass is 270 g/mol. The Morgan fingerprint density at radius 1 is 0.842 bits per heavy atom. The summed E-state index contributed by atoms with van der Waals surface area (Å²) in [5.41, 5.74) is 1.49. The van der Waals surface area contributed by atoms with Crippen molar-refractivity contribution in [3.63, 3.8) is 0 Å². The van der Waals surface area contributed by atoms with Crippen LogP contribution >= 0.6 is 11.8 Å². The zero-order valence-corrected chi connectivity index (χ0v) is 12.0. The van der Waals surface area contributed by atoms with Gasteiger partial charge in [0.2, 0.25) is 0 Å². The summed E-state index contributed by atoms with van der Waals surface area (Å²) in [6.45, 7) is 3.85. The molecule has 0 unspecified atom stereocenters. The fourth-order valence-electron chi connectivity index (χ4n) is 2.69. The topological polar surface area (TPSA) is 4.44 Å². The molecule has 2 aromatic rings. The fourth-order valence-corrected chi connectivity index (χ4v) is 3.65. The molecule has 1 aliphatic rings. The molecule has 0 spiro atoms. The van der Waals surface area contributed by atoms with Gasteiger partial charge in [-0.05, 0) is 18.2 Å². The highest BCUT2D eigenvalue weighted by molar-refractivity contribution is 7.99. The van der Waals surface area contributed by atoms with E-state index in [9.17, 15) is 0 Å². The first kappa shape index (κ1) is 12.8. The lowest BCUT2D eigenvalue weighted by Crippen LogP contribution is -3.08. The van der Waals surface area contributed by atoms with Crippen LogP contribution in [0.25, 0.3) is 0 Å². The zero-order chi connectivity index (χ0) is 12.9. The molecule has 1 saturated heterocycles. The van der Waals surface area contributed by atoms with Crippen LogP contribution in [0, 0.1) is 0 Å². The van der Waals surface area contributed by atoms with Crippen LogP contribution < -0.4 is 4.90 Å². The lowest BCUT2D eigenvalue weighted by molar-refractivity contribution is -0.901. The Labute approximate surface area is 119 Å². The van der Waals surface area contributed by atoms with Gasteiger partial charge in [-0.1, -0.05) is 48.2 Å². The van der Waals surface area contributed by atoms with E-state index >= 15 is 0 Å². The van der Waals surface area contributed by atoms with Crippen molar-refractivity contribution in [2.24, 2.45) is 0 Å². The molecule has 2 heteroatoms. The standard InChI is InChI=1S/C17H19NS/c1-2-9-16(10-3-1)19-17-11-5-4-8-15(17)14-18-12-6-7-13-18/h1-5,8-11H,6-7,12-14H2/p+1. The van der Waals surface area contributed by atoms with Gasteiger partial charge in [-0.3, -0.25) is 0 Å². The molecule has 0 aliphatic carbocycles. The van der Waals surface area contributed by atoms with Crippen molar-refractivity contribution in [2.75, 3.05) is 13.1 Å². The first-order valence-electron chi connectivity index (χ1n) is 7.06. The Hall–Kier alpha value is -1.25. The normalized spacial score (nSPS) is 15.8. The summed E-state index contributed by atoms with van der Waals surface area (Å²) in [7, 11) is 0. The van der Waals surface area contributed by atoms with Crippen LogP contribution in [0.3, 0.4) is 0 Å². The number of quaternary nitrogens is 1. The van der Waals surface area contributed by atoms with Gasteiger partial charge in [0, 0.05) is 28.2 Å². The number of benzene rings is 2. The van der Waals surface area contributed by atoms with Gasteiger partial charge >= 0.3 is 0 Å². The fraction of sp³-hybridized carbons (Fsp3) is 0.294. The van der Waals surface area contributed by atoms with Crippen LogP contribution in [-0.4, -0.2) is 13.1 Å². The molecule has 1 fully saturated rings. The van der Waals surface area contributed by atoms with Crippen molar-refractivity contribution in [2.45, 2.75) is 29.2 Å². The first-order chi connectivity index (χ1) is 9.42. The van der Waals surface area contributed by atoms with E-state index in [0.717, 1.165) is 0 Å². The van der Waals surface area contributed by atoms with Crippen molar-refractivity contribution in [3.05, 3.63) is 60.2 Å². The Bertz CT molecular complexity index is 518. The van der Waals surface area contributed by atoms with Crippen LogP contribution in [0.15, 0.2) is 64.4 Å². The summed E-state index contributed by atoms with van der Waals surface area (Å²) < 4.78 is 0. The van der Waals surface area contributed by atoms with Gasteiger partial charge in [0.05, 0.1) is 13.1 Å². The number of hydrogen-bond donors (Lipinski definition) is 1. The molecule has 1 N–H and O–H groups in total. The van der Waals surface area contributed by atoms with E-state index in [1.165, 1.54) is 47.8 Å². The highest BCUT2D eigenvalue weighted by atomic mass is 32.2. The molecule has 1 heterocycles. The summed E-state index contributed by atoms with van der Waals surface area (Å²) in [6, 6.07) is 19.5. The molecule has 19 heavy (non-hydrogen) atoms. The van der Waals surface area contributed by atoms with Gasteiger partial charge in [0.15, 0.2) is 0 Å². The van der Waals surface area contributed by atoms with Crippen molar-refractivity contribution in [1.82, 2.24) is 0 Å². The maximum atomic E-state index is 2.29. The summed E-state index contributed by atoms with van der Waals surface area (Å²) in [5, 5.41) is 0. The lowest BCUT2D eigenvalue weighted by atomic mass is 10.2. The predicted molar refractivity (Wildman–Crippen MR) is 80.6 cm³/mol. The van der Waals surface area contributed by atoms with Crippen molar-refractivity contribution >= 4 is 11.8 Å². The number of hydrogen-bond acceptors (Lipinski definition) is 1. The SMILES string of the molecule is c1ccc(Sc2ccccc2C[NH+]2CCCC2)cc1. The van der Waals surface area contributed by atoms with E-state index < -0.39 is 0 Å². The number of nitrogens with one attached hydrogen (secondary N) is 1. The number of likely N-dealkylation sites (tertiary alicyclic amines) is 1. The Kier molecular flexibility index (Phi) is 4.21. The minimum absolute atomic E-state index is 1.18. The van der Waals surface area contributed by atoms with Crippen LogP contribution in [0.1, 0.15) is 18.4 Å². The van der Waals surface area contributed by atoms with Crippen LogP contribution in [0.4, 0.5) is 0 Å². The molecule has 0 aromatic heterocycles. The van der Waals surface area contributed by atoms with Crippen molar-refractivity contribution in [3.8, 4) is 0 Å². The maximum Gasteiger partial charge on any atom is 0.104 e. The summed E-state index contributed by atoms with van der Waals surface area (Å²) in [4.78, 5) is 4.47. The first-order valence-corrected chi connectivity index (χ1v) is 7.88. The lowest BCUT2D eigenvalue weighted by Gasteiger charge is -2.14. The predicted octanol–water partition coefficient (Wildman–Crippen LogP) is 3.02. The average molecular weight is 270 g/mol. The van der Waals surface area contributed by atoms with E-state index in [4.69, 9.17) is 0 Å². The highest BCUT2D eigenvalue weighted by Gasteiger charge is 2.17. The summed E-state index contributed by atoms with van der Waals surface area (Å²) >= 11 is 1.88. The molecule has 0 amide bonds. The third-order valence-corrected chi connectivity index (χ3v) is 4.82. The molecular weight excluding hydrogens is 250 g/mol.